The molecule has 0 radical (unpaired) electrons. The second kappa shape index (κ2) is 11.0. The summed E-state index contributed by atoms with van der Waals surface area (Å²) in [4.78, 5) is 0. The predicted octanol–water partition coefficient (Wildman–Crippen LogP) is -2.23. The minimum absolute atomic E-state index is 0. The molecule has 0 fully saturated rings. The van der Waals surface area contributed by atoms with E-state index in [1.54, 1.807) is 0 Å². The summed E-state index contributed by atoms with van der Waals surface area (Å²) in [7, 11) is -3.12. The third-order valence-electron chi connectivity index (χ3n) is 0. The molecule has 0 spiro atoms. The van der Waals surface area contributed by atoms with Gasteiger partial charge in [0.1, 0.15) is 0 Å². The fourth-order valence-electron chi connectivity index (χ4n) is 0. The van der Waals surface area contributed by atoms with Crippen LogP contribution < -0.4 is 0 Å². The monoisotopic (exact) mass is 162 g/mol. The molecule has 0 saturated carbocycles. The molecule has 0 aliphatic rings. The molecule has 0 atom stereocenters. The Morgan fingerprint density at radius 3 is 1.17 bits per heavy atom. The van der Waals surface area contributed by atoms with Crippen molar-refractivity contribution in [1.29, 1.82) is 0 Å². The van der Waals surface area contributed by atoms with Crippen LogP contribution >= 0.6 is 0 Å². The predicted molar refractivity (Wildman–Crippen MR) is 27.2 cm³/mol. The van der Waals surface area contributed by atoms with Crippen molar-refractivity contribution in [2.45, 2.75) is 0 Å². The van der Waals surface area contributed by atoms with Crippen molar-refractivity contribution in [3.63, 3.8) is 0 Å². The second-order valence-corrected chi connectivity index (χ2v) is 0.714. The Kier molecular flexibility index (Phi) is 29.6. The van der Waals surface area contributed by atoms with Crippen LogP contribution in [0.4, 0.5) is 0 Å². The molecule has 0 aliphatic carbocycles. The Hall–Kier alpha value is 3.18. The van der Waals surface area contributed by atoms with E-state index in [2.05, 4.69) is 0 Å². The zero-order valence-electron chi connectivity index (χ0n) is 1.71. The summed E-state index contributed by atoms with van der Waals surface area (Å²) in [5.41, 5.74) is 0. The van der Waals surface area contributed by atoms with Crippen molar-refractivity contribution in [1.82, 2.24) is 0 Å². The topological polar surface area (TPSA) is 54.4 Å². The minimum atomic E-state index is -3.12. The van der Waals surface area contributed by atoms with E-state index in [0.29, 0.717) is 0 Å². The second-order valence-electron chi connectivity index (χ2n) is 0.238. The van der Waals surface area contributed by atoms with Crippen molar-refractivity contribution in [3.8, 4) is 0 Å². The van der Waals surface area contributed by atoms with Crippen LogP contribution in [0.5, 0.6) is 0 Å². The molecule has 30 valence electrons. The van der Waals surface area contributed by atoms with Gasteiger partial charge in [0, 0.05) is 0 Å². The van der Waals surface area contributed by atoms with Crippen molar-refractivity contribution >= 4 is 114 Å². The van der Waals surface area contributed by atoms with Gasteiger partial charge in [-0.1, -0.05) is 0 Å². The molecule has 6 heteroatoms. The summed E-state index contributed by atoms with van der Waals surface area (Å²) >= 11 is 0. The van der Waals surface area contributed by atoms with Gasteiger partial charge >= 0.3 is 103 Å². The van der Waals surface area contributed by atoms with Gasteiger partial charge in [0.2, 0.25) is 0 Å². The number of hydrogen-bond donors (Lipinski definition) is 2. The van der Waals surface area contributed by atoms with E-state index in [0.717, 1.165) is 0 Å². The van der Waals surface area contributed by atoms with Crippen LogP contribution in [-0.2, 0) is 11.0 Å². The first kappa shape index (κ1) is 16.1. The summed E-state index contributed by atoms with van der Waals surface area (Å²) in [6, 6.07) is 0. The molecule has 0 aromatic rings. The van der Waals surface area contributed by atoms with Gasteiger partial charge in [0.25, 0.3) is 11.0 Å². The first-order valence-electron chi connectivity index (χ1n) is 0.565. The quantitative estimate of drug-likeness (QED) is 0.241. The van der Waals surface area contributed by atoms with Gasteiger partial charge in [-0.25, -0.2) is 8.42 Å². The number of thiol groups is 1. The Bertz CT molecular complexity index is 57.2. The van der Waals surface area contributed by atoms with Gasteiger partial charge in [-0.05, 0) is 0 Å². The third kappa shape index (κ3) is 27.1. The molecule has 0 rings (SSSR count). The van der Waals surface area contributed by atoms with Crippen LogP contribution in [0.2, 0.25) is 0 Å². The standard InChI is InChI=1S/2K.H2O3S.2H/c;;1-4(2)3;;/h;;4H,(H,1,2,3);;. The van der Waals surface area contributed by atoms with E-state index in [9.17, 15) is 0 Å². The Balaban J connectivity index is -0.0000000450. The zero-order chi connectivity index (χ0) is 3.58. The molecule has 0 amide bonds. The van der Waals surface area contributed by atoms with Gasteiger partial charge in [-0.15, -0.1) is 0 Å². The molecule has 3 nitrogen and oxygen atoms in total. The van der Waals surface area contributed by atoms with Gasteiger partial charge < -0.3 is 0 Å². The molecule has 6 heavy (non-hydrogen) atoms. The van der Waals surface area contributed by atoms with Gasteiger partial charge in [-0.3, -0.25) is 4.55 Å². The average Bonchev–Trinajstić information content (AvgIpc) is 0.811. The van der Waals surface area contributed by atoms with Crippen molar-refractivity contribution in [3.05, 3.63) is 0 Å². The SMILES string of the molecule is O=[SH](=O)O.[KH].[KH]. The molecule has 0 aromatic carbocycles. The number of hydrogen-bond acceptors (Lipinski definition) is 2. The molecule has 0 aliphatic heterocycles. The van der Waals surface area contributed by atoms with E-state index in [-0.39, 0.29) is 103 Å². The van der Waals surface area contributed by atoms with Crippen LogP contribution in [0.25, 0.3) is 0 Å². The fraction of sp³-hybridized carbons (Fsp3) is 0. The first-order valence-corrected chi connectivity index (χ1v) is 1.70. The van der Waals surface area contributed by atoms with E-state index in [4.69, 9.17) is 13.0 Å². The fourth-order valence-corrected chi connectivity index (χ4v) is 0. The summed E-state index contributed by atoms with van der Waals surface area (Å²) in [6.45, 7) is 0. The van der Waals surface area contributed by atoms with E-state index >= 15 is 0 Å². The maximum atomic E-state index is 8.59. The molecule has 1 N–H and O–H groups in total. The van der Waals surface area contributed by atoms with Gasteiger partial charge in [-0.2, -0.15) is 0 Å². The molecule has 0 aromatic heterocycles. The van der Waals surface area contributed by atoms with E-state index in [1.165, 1.54) is 0 Å². The van der Waals surface area contributed by atoms with E-state index < -0.39 is 11.0 Å². The molecular formula is H4K2O3S. The molecule has 0 unspecified atom stereocenters. The van der Waals surface area contributed by atoms with Crippen LogP contribution in [0.15, 0.2) is 0 Å². The van der Waals surface area contributed by atoms with E-state index in [1.807, 2.05) is 0 Å². The number of rotatable bonds is 0. The molecular weight excluding hydrogens is 158 g/mol. The molecule has 0 bridgehead atoms. The summed E-state index contributed by atoms with van der Waals surface area (Å²) in [5.74, 6) is 0. The normalized spacial score (nSPS) is 5.67. The van der Waals surface area contributed by atoms with Crippen LogP contribution in [-0.4, -0.2) is 116 Å². The van der Waals surface area contributed by atoms with Crippen LogP contribution in [0.1, 0.15) is 0 Å². The third-order valence-corrected chi connectivity index (χ3v) is 0. The summed E-state index contributed by atoms with van der Waals surface area (Å²) < 4.78 is 24.2. The Morgan fingerprint density at radius 2 is 1.17 bits per heavy atom. The van der Waals surface area contributed by atoms with Crippen LogP contribution in [0, 0.1) is 0 Å². The Morgan fingerprint density at radius 1 is 1.17 bits per heavy atom. The average molecular weight is 162 g/mol. The van der Waals surface area contributed by atoms with Crippen LogP contribution in [0.3, 0.4) is 0 Å². The summed E-state index contributed by atoms with van der Waals surface area (Å²) in [6.07, 6.45) is 0. The van der Waals surface area contributed by atoms with Gasteiger partial charge in [0.05, 0.1) is 0 Å². The molecule has 0 heterocycles. The Labute approximate surface area is 123 Å². The molecule has 0 saturated heterocycles. The first-order chi connectivity index (χ1) is 1.73. The van der Waals surface area contributed by atoms with Crippen molar-refractivity contribution < 1.29 is 13.0 Å². The van der Waals surface area contributed by atoms with Crippen molar-refractivity contribution in [2.75, 3.05) is 0 Å². The van der Waals surface area contributed by atoms with Crippen molar-refractivity contribution in [2.24, 2.45) is 0 Å². The van der Waals surface area contributed by atoms with Gasteiger partial charge in [0.15, 0.2) is 0 Å². The summed E-state index contributed by atoms with van der Waals surface area (Å²) in [5, 5.41) is 0. The zero-order valence-corrected chi connectivity index (χ0v) is 2.61. The maximum absolute atomic E-state index is 8.59.